The largest absolute Gasteiger partial charge is 0.456 e. The maximum Gasteiger partial charge on any atom is 0.342 e. The smallest absolute Gasteiger partial charge is 0.342 e. The molecule has 0 saturated carbocycles. The lowest BCUT2D eigenvalue weighted by molar-refractivity contribution is -0.124. The van der Waals surface area contributed by atoms with Crippen LogP contribution in [0.1, 0.15) is 15.9 Å². The first kappa shape index (κ1) is 19.3. The Hall–Kier alpha value is -4.00. The fourth-order valence-electron chi connectivity index (χ4n) is 2.85. The van der Waals surface area contributed by atoms with Gasteiger partial charge in [-0.25, -0.2) is 4.79 Å². The molecule has 0 atom stereocenters. The van der Waals surface area contributed by atoms with Crippen molar-refractivity contribution in [1.29, 1.82) is 0 Å². The van der Waals surface area contributed by atoms with E-state index >= 15 is 0 Å². The molecule has 0 spiro atoms. The molecule has 0 bridgehead atoms. The number of carbonyl (C=O) groups is 2. The Morgan fingerprint density at radius 2 is 1.67 bits per heavy atom. The van der Waals surface area contributed by atoms with Crippen molar-refractivity contribution in [2.75, 3.05) is 13.4 Å². The van der Waals surface area contributed by atoms with Crippen LogP contribution >= 0.6 is 0 Å². The van der Waals surface area contributed by atoms with Gasteiger partial charge in [-0.05, 0) is 42.0 Å². The van der Waals surface area contributed by atoms with E-state index in [1.165, 1.54) is 0 Å². The molecule has 1 heterocycles. The molecule has 7 heteroatoms. The minimum absolute atomic E-state index is 0.191. The van der Waals surface area contributed by atoms with Crippen molar-refractivity contribution < 1.29 is 28.5 Å². The number of esters is 1. The van der Waals surface area contributed by atoms with Crippen LogP contribution in [0.5, 0.6) is 23.0 Å². The predicted molar refractivity (Wildman–Crippen MR) is 108 cm³/mol. The van der Waals surface area contributed by atoms with Crippen molar-refractivity contribution in [3.05, 3.63) is 83.9 Å². The Labute approximate surface area is 173 Å². The fraction of sp³-hybridized carbons (Fsp3) is 0.130. The second-order valence-corrected chi connectivity index (χ2v) is 6.45. The Bertz CT molecular complexity index is 1050. The van der Waals surface area contributed by atoms with E-state index in [2.05, 4.69) is 5.32 Å². The van der Waals surface area contributed by atoms with Crippen LogP contribution in [0.3, 0.4) is 0 Å². The molecule has 1 amide bonds. The van der Waals surface area contributed by atoms with Gasteiger partial charge in [-0.3, -0.25) is 4.79 Å². The summed E-state index contributed by atoms with van der Waals surface area (Å²) in [7, 11) is 0. The van der Waals surface area contributed by atoms with Gasteiger partial charge in [0.05, 0.1) is 0 Å². The lowest BCUT2D eigenvalue weighted by Crippen LogP contribution is -2.28. The van der Waals surface area contributed by atoms with E-state index in [1.807, 2.05) is 24.3 Å². The molecule has 30 heavy (non-hydrogen) atoms. The van der Waals surface area contributed by atoms with Gasteiger partial charge in [-0.1, -0.05) is 36.4 Å². The Morgan fingerprint density at radius 3 is 2.53 bits per heavy atom. The van der Waals surface area contributed by atoms with Crippen molar-refractivity contribution in [2.45, 2.75) is 6.54 Å². The molecule has 7 nitrogen and oxygen atoms in total. The van der Waals surface area contributed by atoms with Crippen LogP contribution in [0.15, 0.2) is 72.8 Å². The quantitative estimate of drug-likeness (QED) is 0.604. The average molecular weight is 405 g/mol. The highest BCUT2D eigenvalue weighted by atomic mass is 16.7. The Balaban J connectivity index is 1.30. The molecule has 0 fully saturated rings. The molecule has 1 aliphatic heterocycles. The van der Waals surface area contributed by atoms with Gasteiger partial charge in [-0.15, -0.1) is 0 Å². The predicted octanol–water partition coefficient (Wildman–Crippen LogP) is 3.68. The molecule has 0 radical (unpaired) electrons. The number of nitrogens with one attached hydrogen (secondary N) is 1. The standard InChI is InChI=1S/C23H19NO6/c25-22(24-13-16-10-11-20-21(12-16)29-15-28-20)14-27-23(26)18-8-4-5-9-19(18)30-17-6-2-1-3-7-17/h1-12H,13-15H2,(H,24,25). The Morgan fingerprint density at radius 1 is 0.900 bits per heavy atom. The summed E-state index contributed by atoms with van der Waals surface area (Å²) in [5.74, 6) is 1.22. The molecule has 3 aromatic rings. The van der Waals surface area contributed by atoms with Gasteiger partial charge < -0.3 is 24.3 Å². The maximum absolute atomic E-state index is 12.4. The second kappa shape index (κ2) is 9.00. The van der Waals surface area contributed by atoms with Crippen LogP contribution in [-0.2, 0) is 16.1 Å². The molecular formula is C23H19NO6. The van der Waals surface area contributed by atoms with E-state index in [-0.39, 0.29) is 18.9 Å². The molecular weight excluding hydrogens is 386 g/mol. The maximum atomic E-state index is 12.4. The summed E-state index contributed by atoms with van der Waals surface area (Å²) >= 11 is 0. The van der Waals surface area contributed by atoms with Crippen molar-refractivity contribution >= 4 is 11.9 Å². The van der Waals surface area contributed by atoms with Gasteiger partial charge in [0.25, 0.3) is 5.91 Å². The molecule has 4 rings (SSSR count). The van der Waals surface area contributed by atoms with Crippen LogP contribution in [0, 0.1) is 0 Å². The first-order valence-electron chi connectivity index (χ1n) is 9.33. The second-order valence-electron chi connectivity index (χ2n) is 6.45. The van der Waals surface area contributed by atoms with Crippen LogP contribution in [0.4, 0.5) is 0 Å². The zero-order valence-corrected chi connectivity index (χ0v) is 16.0. The number of amides is 1. The number of hydrogen-bond acceptors (Lipinski definition) is 6. The van der Waals surface area contributed by atoms with Gasteiger partial charge in [0.2, 0.25) is 6.79 Å². The molecule has 152 valence electrons. The van der Waals surface area contributed by atoms with E-state index in [1.54, 1.807) is 48.5 Å². The molecule has 0 unspecified atom stereocenters. The van der Waals surface area contributed by atoms with Crippen LogP contribution in [-0.4, -0.2) is 25.3 Å². The summed E-state index contributed by atoms with van der Waals surface area (Å²) < 4.78 is 21.5. The van der Waals surface area contributed by atoms with Crippen molar-refractivity contribution in [3.8, 4) is 23.0 Å². The highest BCUT2D eigenvalue weighted by Crippen LogP contribution is 2.32. The third kappa shape index (κ3) is 4.70. The molecule has 0 saturated heterocycles. The summed E-state index contributed by atoms with van der Waals surface area (Å²) in [4.78, 5) is 24.5. The minimum atomic E-state index is -0.639. The summed E-state index contributed by atoms with van der Waals surface area (Å²) in [6.45, 7) is 0.0698. The topological polar surface area (TPSA) is 83.1 Å². The van der Waals surface area contributed by atoms with E-state index in [9.17, 15) is 9.59 Å². The molecule has 1 N–H and O–H groups in total. The summed E-state index contributed by atoms with van der Waals surface area (Å²) in [6, 6.07) is 21.2. The van der Waals surface area contributed by atoms with Crippen molar-refractivity contribution in [3.63, 3.8) is 0 Å². The van der Waals surface area contributed by atoms with Gasteiger partial charge in [0.15, 0.2) is 18.1 Å². The Kier molecular flexibility index (Phi) is 5.80. The lowest BCUT2D eigenvalue weighted by atomic mass is 10.2. The lowest BCUT2D eigenvalue weighted by Gasteiger charge is -2.11. The van der Waals surface area contributed by atoms with E-state index in [0.29, 0.717) is 23.0 Å². The van der Waals surface area contributed by atoms with E-state index in [4.69, 9.17) is 18.9 Å². The number of rotatable bonds is 7. The van der Waals surface area contributed by atoms with Crippen LogP contribution in [0.25, 0.3) is 0 Å². The number of para-hydroxylation sites is 2. The summed E-state index contributed by atoms with van der Waals surface area (Å²) in [5.41, 5.74) is 1.09. The monoisotopic (exact) mass is 405 g/mol. The van der Waals surface area contributed by atoms with Gasteiger partial charge in [-0.2, -0.15) is 0 Å². The third-order valence-corrected chi connectivity index (χ3v) is 4.34. The first-order chi connectivity index (χ1) is 14.7. The van der Waals surface area contributed by atoms with Crippen molar-refractivity contribution in [2.24, 2.45) is 0 Å². The molecule has 3 aromatic carbocycles. The average Bonchev–Trinajstić information content (AvgIpc) is 3.25. The molecule has 0 aliphatic carbocycles. The van der Waals surface area contributed by atoms with Gasteiger partial charge in [0, 0.05) is 6.54 Å². The number of hydrogen-bond donors (Lipinski definition) is 1. The molecule has 0 aromatic heterocycles. The number of ether oxygens (including phenoxy) is 4. The minimum Gasteiger partial charge on any atom is -0.456 e. The van der Waals surface area contributed by atoms with E-state index < -0.39 is 18.5 Å². The highest BCUT2D eigenvalue weighted by molar-refractivity contribution is 5.94. The first-order valence-corrected chi connectivity index (χ1v) is 9.33. The van der Waals surface area contributed by atoms with Crippen LogP contribution in [0.2, 0.25) is 0 Å². The zero-order chi connectivity index (χ0) is 20.8. The molecule has 1 aliphatic rings. The number of carbonyl (C=O) groups excluding carboxylic acids is 2. The van der Waals surface area contributed by atoms with Crippen molar-refractivity contribution in [1.82, 2.24) is 5.32 Å². The number of fused-ring (bicyclic) bond motifs is 1. The van der Waals surface area contributed by atoms with Crippen LogP contribution < -0.4 is 19.5 Å². The fourth-order valence-corrected chi connectivity index (χ4v) is 2.85. The van der Waals surface area contributed by atoms with Gasteiger partial charge >= 0.3 is 5.97 Å². The summed E-state index contributed by atoms with van der Waals surface area (Å²) in [5, 5.41) is 2.71. The summed E-state index contributed by atoms with van der Waals surface area (Å²) in [6.07, 6.45) is 0. The van der Waals surface area contributed by atoms with Gasteiger partial charge in [0.1, 0.15) is 17.1 Å². The zero-order valence-electron chi connectivity index (χ0n) is 16.0. The number of benzene rings is 3. The third-order valence-electron chi connectivity index (χ3n) is 4.34. The normalized spacial score (nSPS) is 11.6. The van der Waals surface area contributed by atoms with E-state index in [0.717, 1.165) is 5.56 Å². The SMILES string of the molecule is O=C(COC(=O)c1ccccc1Oc1ccccc1)NCc1ccc2c(c1)OCO2. The highest BCUT2D eigenvalue weighted by Gasteiger charge is 2.17.